The van der Waals surface area contributed by atoms with Crippen LogP contribution in [0.1, 0.15) is 10.8 Å². The molecule has 0 heterocycles. The number of carbonyl (C=O) groups is 1. The Hall–Kier alpha value is -1.63. The van der Waals surface area contributed by atoms with Crippen LogP contribution in [0.15, 0.2) is 59.5 Å². The first-order valence-electron chi connectivity index (χ1n) is 7.82. The Labute approximate surface area is 156 Å². The van der Waals surface area contributed by atoms with Crippen molar-refractivity contribution in [2.24, 2.45) is 0 Å². The largest absolute Gasteiger partial charge is 0.497 e. The second-order valence-electron chi connectivity index (χ2n) is 5.29. The number of aliphatic hydroxyl groups is 1. The average molecular weight is 379 g/mol. The van der Waals surface area contributed by atoms with Crippen LogP contribution in [0.2, 0.25) is 0 Å². The predicted octanol–water partition coefficient (Wildman–Crippen LogP) is 3.80. The van der Waals surface area contributed by atoms with Crippen LogP contribution in [0.3, 0.4) is 0 Å². The first-order valence-corrected chi connectivity index (χ1v) is 9.85. The minimum atomic E-state index is -0.603. The van der Waals surface area contributed by atoms with Gasteiger partial charge in [0.1, 0.15) is 5.75 Å². The molecule has 0 radical (unpaired) electrons. The van der Waals surface area contributed by atoms with Crippen molar-refractivity contribution in [1.29, 1.82) is 0 Å². The summed E-state index contributed by atoms with van der Waals surface area (Å²) in [7, 11) is 3.00. The van der Waals surface area contributed by atoms with Crippen LogP contribution in [-0.2, 0) is 9.53 Å². The number of benzene rings is 2. The molecule has 0 spiro atoms. The lowest BCUT2D eigenvalue weighted by Crippen LogP contribution is -2.20. The van der Waals surface area contributed by atoms with Crippen LogP contribution in [-0.4, -0.2) is 42.9 Å². The Bertz CT molecular complexity index is 663. The minimum absolute atomic E-state index is 0.140. The number of hydrogen-bond acceptors (Lipinski definition) is 6. The van der Waals surface area contributed by atoms with Crippen LogP contribution in [0, 0.1) is 0 Å². The zero-order valence-corrected chi connectivity index (χ0v) is 15.9. The first kappa shape index (κ1) is 19.7. The van der Waals surface area contributed by atoms with Gasteiger partial charge in [-0.2, -0.15) is 0 Å². The summed E-state index contributed by atoms with van der Waals surface area (Å²) in [5.74, 6) is 1.19. The molecule has 0 bridgehead atoms. The Balaban J connectivity index is 2.11. The summed E-state index contributed by atoms with van der Waals surface area (Å²) in [5.41, 5.74) is 1.04. The van der Waals surface area contributed by atoms with E-state index in [0.717, 1.165) is 16.2 Å². The van der Waals surface area contributed by atoms with E-state index >= 15 is 0 Å². The molecule has 0 saturated heterocycles. The predicted molar refractivity (Wildman–Crippen MR) is 103 cm³/mol. The van der Waals surface area contributed by atoms with Gasteiger partial charge in [-0.3, -0.25) is 4.79 Å². The molecule has 134 valence electrons. The van der Waals surface area contributed by atoms with Crippen molar-refractivity contribution in [1.82, 2.24) is 0 Å². The molecule has 2 atom stereocenters. The highest BCUT2D eigenvalue weighted by Crippen LogP contribution is 2.39. The van der Waals surface area contributed by atoms with Gasteiger partial charge in [0.2, 0.25) is 0 Å². The van der Waals surface area contributed by atoms with Crippen LogP contribution in [0.25, 0.3) is 0 Å². The number of carbonyl (C=O) groups excluding carboxylic acids is 1. The van der Waals surface area contributed by atoms with Crippen LogP contribution in [0.4, 0.5) is 0 Å². The Kier molecular flexibility index (Phi) is 8.18. The summed E-state index contributed by atoms with van der Waals surface area (Å²) in [4.78, 5) is 12.3. The summed E-state index contributed by atoms with van der Waals surface area (Å²) in [6.45, 7) is 0. The van der Waals surface area contributed by atoms with Crippen LogP contribution >= 0.6 is 23.5 Å². The Morgan fingerprint density at radius 1 is 1.12 bits per heavy atom. The van der Waals surface area contributed by atoms with Crippen molar-refractivity contribution >= 4 is 29.5 Å². The third-order valence-electron chi connectivity index (χ3n) is 3.52. The lowest BCUT2D eigenvalue weighted by atomic mass is 10.1. The molecule has 0 saturated carbocycles. The molecule has 0 aromatic heterocycles. The van der Waals surface area contributed by atoms with Gasteiger partial charge in [0.15, 0.2) is 0 Å². The van der Waals surface area contributed by atoms with E-state index in [2.05, 4.69) is 4.74 Å². The maximum atomic E-state index is 11.3. The first-order chi connectivity index (χ1) is 12.1. The average Bonchev–Trinajstić information content (AvgIpc) is 2.66. The maximum Gasteiger partial charge on any atom is 0.315 e. The van der Waals surface area contributed by atoms with Gasteiger partial charge in [-0.1, -0.05) is 36.4 Å². The monoisotopic (exact) mass is 378 g/mol. The van der Waals surface area contributed by atoms with E-state index in [9.17, 15) is 9.90 Å². The molecule has 4 nitrogen and oxygen atoms in total. The molecule has 2 rings (SSSR count). The molecule has 25 heavy (non-hydrogen) atoms. The van der Waals surface area contributed by atoms with Crippen molar-refractivity contribution in [3.63, 3.8) is 0 Å². The van der Waals surface area contributed by atoms with Gasteiger partial charge >= 0.3 is 5.97 Å². The van der Waals surface area contributed by atoms with E-state index in [1.54, 1.807) is 18.9 Å². The summed E-state index contributed by atoms with van der Waals surface area (Å²) in [6.07, 6.45) is -0.603. The van der Waals surface area contributed by atoms with Crippen molar-refractivity contribution in [3.05, 3.63) is 60.2 Å². The third kappa shape index (κ3) is 6.30. The molecular formula is C19H22O4S2. The quantitative estimate of drug-likeness (QED) is 0.529. The summed E-state index contributed by atoms with van der Waals surface area (Å²) in [6, 6.07) is 17.7. The van der Waals surface area contributed by atoms with Crippen molar-refractivity contribution in [3.8, 4) is 5.75 Å². The van der Waals surface area contributed by atoms with Crippen molar-refractivity contribution < 1.29 is 19.4 Å². The van der Waals surface area contributed by atoms with E-state index in [4.69, 9.17) is 4.74 Å². The number of rotatable bonds is 9. The van der Waals surface area contributed by atoms with E-state index in [0.29, 0.717) is 5.75 Å². The highest BCUT2D eigenvalue weighted by Gasteiger charge is 2.23. The summed E-state index contributed by atoms with van der Waals surface area (Å²) in [5, 5.41) is 10.6. The van der Waals surface area contributed by atoms with Gasteiger partial charge in [-0.15, -0.1) is 23.5 Å². The molecule has 1 N–H and O–H groups in total. The zero-order chi connectivity index (χ0) is 18.1. The second kappa shape index (κ2) is 10.4. The second-order valence-corrected chi connectivity index (χ2v) is 7.53. The number of thioether (sulfide) groups is 2. The summed E-state index contributed by atoms with van der Waals surface area (Å²) >= 11 is 2.96. The fraction of sp³-hybridized carbons (Fsp3) is 0.316. The van der Waals surface area contributed by atoms with E-state index in [1.807, 2.05) is 54.6 Å². The molecule has 1 unspecified atom stereocenters. The third-order valence-corrected chi connectivity index (χ3v) is 5.90. The molecule has 0 fully saturated rings. The Morgan fingerprint density at radius 3 is 2.56 bits per heavy atom. The molecule has 2 aromatic carbocycles. The minimum Gasteiger partial charge on any atom is -0.497 e. The van der Waals surface area contributed by atoms with Crippen molar-refractivity contribution in [2.45, 2.75) is 16.2 Å². The molecular weight excluding hydrogens is 356 g/mol. The number of hydrogen-bond donors (Lipinski definition) is 1. The van der Waals surface area contributed by atoms with Gasteiger partial charge < -0.3 is 14.6 Å². The van der Waals surface area contributed by atoms with E-state index in [-0.39, 0.29) is 17.0 Å². The van der Waals surface area contributed by atoms with E-state index < -0.39 is 6.10 Å². The maximum absolute atomic E-state index is 11.3. The van der Waals surface area contributed by atoms with Crippen molar-refractivity contribution in [2.75, 3.05) is 25.7 Å². The zero-order valence-electron chi connectivity index (χ0n) is 14.3. The van der Waals surface area contributed by atoms with Gasteiger partial charge in [0, 0.05) is 10.6 Å². The molecule has 6 heteroatoms. The number of aliphatic hydroxyl groups excluding tert-OH is 1. The molecule has 2 aromatic rings. The lowest BCUT2D eigenvalue weighted by molar-refractivity contribution is -0.137. The normalized spacial score (nSPS) is 13.1. The fourth-order valence-electron chi connectivity index (χ4n) is 2.24. The van der Waals surface area contributed by atoms with Gasteiger partial charge in [-0.25, -0.2) is 0 Å². The number of esters is 1. The molecule has 0 aliphatic rings. The van der Waals surface area contributed by atoms with E-state index in [1.165, 1.54) is 18.9 Å². The van der Waals surface area contributed by atoms with Crippen LogP contribution in [0.5, 0.6) is 5.75 Å². The van der Waals surface area contributed by atoms with Crippen LogP contribution < -0.4 is 4.74 Å². The fourth-order valence-corrected chi connectivity index (χ4v) is 4.38. The standard InChI is InChI=1S/C19H22O4S2/c1-22-15-9-6-10-16(11-15)25-19(14-7-4-3-5-8-14)17(20)12-24-13-18(21)23-2/h3-11,17,19-20H,12-13H2,1-2H3/t17?,19-/m1/s1. The molecule has 0 aliphatic carbocycles. The Morgan fingerprint density at radius 2 is 1.88 bits per heavy atom. The molecule has 0 amide bonds. The SMILES string of the molecule is COC(=O)CSCC(O)[C@H](Sc1cccc(OC)c1)c1ccccc1. The highest BCUT2D eigenvalue weighted by molar-refractivity contribution is 8.00. The smallest absolute Gasteiger partial charge is 0.315 e. The molecule has 0 aliphatic heterocycles. The summed E-state index contributed by atoms with van der Waals surface area (Å²) < 4.78 is 9.91. The van der Waals surface area contributed by atoms with Gasteiger partial charge in [0.25, 0.3) is 0 Å². The topological polar surface area (TPSA) is 55.8 Å². The highest BCUT2D eigenvalue weighted by atomic mass is 32.2. The van der Waals surface area contributed by atoms with Gasteiger partial charge in [-0.05, 0) is 23.8 Å². The lowest BCUT2D eigenvalue weighted by Gasteiger charge is -2.23. The number of methoxy groups -OCH3 is 2. The number of ether oxygens (including phenoxy) is 2. The van der Waals surface area contributed by atoms with Gasteiger partial charge in [0.05, 0.1) is 31.3 Å².